The summed E-state index contributed by atoms with van der Waals surface area (Å²) >= 11 is 0. The highest BCUT2D eigenvalue weighted by molar-refractivity contribution is 6.05. The molecule has 2 N–H and O–H groups in total. The molecule has 166 valence electrons. The van der Waals surface area contributed by atoms with Crippen LogP contribution in [0.5, 0.6) is 5.75 Å². The van der Waals surface area contributed by atoms with Crippen molar-refractivity contribution in [3.63, 3.8) is 0 Å². The van der Waals surface area contributed by atoms with Crippen molar-refractivity contribution in [1.82, 2.24) is 9.55 Å². The summed E-state index contributed by atoms with van der Waals surface area (Å²) in [6.45, 7) is 8.27. The Kier molecular flexibility index (Phi) is 5.42. The number of nitrogens with zero attached hydrogens (tertiary/aromatic N) is 1. The van der Waals surface area contributed by atoms with Crippen molar-refractivity contribution in [2.45, 2.75) is 39.7 Å². The van der Waals surface area contributed by atoms with Gasteiger partial charge in [-0.25, -0.2) is 4.79 Å². The van der Waals surface area contributed by atoms with E-state index in [0.717, 1.165) is 17.1 Å². The third kappa shape index (κ3) is 4.19. The Labute approximate surface area is 186 Å². The van der Waals surface area contributed by atoms with Gasteiger partial charge in [0.25, 0.3) is 5.91 Å². The van der Waals surface area contributed by atoms with Gasteiger partial charge < -0.3 is 19.5 Å². The Morgan fingerprint density at radius 3 is 2.62 bits per heavy atom. The van der Waals surface area contributed by atoms with E-state index in [1.165, 1.54) is 0 Å². The number of ether oxygens (including phenoxy) is 1. The fourth-order valence-electron chi connectivity index (χ4n) is 3.62. The molecule has 4 aromatic rings. The molecule has 0 fully saturated rings. The van der Waals surface area contributed by atoms with Crippen molar-refractivity contribution in [3.05, 3.63) is 81.7 Å². The van der Waals surface area contributed by atoms with Crippen LogP contribution in [0.25, 0.3) is 11.0 Å². The second-order valence-electron chi connectivity index (χ2n) is 8.88. The molecular formula is C25H27N3O4. The monoisotopic (exact) mass is 433 g/mol. The molecule has 0 aliphatic heterocycles. The van der Waals surface area contributed by atoms with Gasteiger partial charge in [0.1, 0.15) is 17.3 Å². The average molecular weight is 434 g/mol. The molecule has 2 aromatic carbocycles. The summed E-state index contributed by atoms with van der Waals surface area (Å²) in [5, 5.41) is 2.93. The second-order valence-corrected chi connectivity index (χ2v) is 8.88. The first-order valence-electron chi connectivity index (χ1n) is 10.4. The van der Waals surface area contributed by atoms with Gasteiger partial charge in [0.2, 0.25) is 0 Å². The highest BCUT2D eigenvalue weighted by Crippen LogP contribution is 2.28. The zero-order valence-electron chi connectivity index (χ0n) is 18.9. The normalized spacial score (nSPS) is 11.7. The smallest absolute Gasteiger partial charge is 0.326 e. The summed E-state index contributed by atoms with van der Waals surface area (Å²) in [6.07, 6.45) is 0. The van der Waals surface area contributed by atoms with Crippen molar-refractivity contribution in [3.8, 4) is 5.75 Å². The number of hydrogen-bond acceptors (Lipinski definition) is 4. The molecule has 0 saturated carbocycles. The number of aryl methyl sites for hydroxylation is 1. The first-order chi connectivity index (χ1) is 15.2. The number of carbonyl (C=O) groups is 1. The number of methoxy groups -OCH3 is 1. The zero-order chi connectivity index (χ0) is 23.0. The van der Waals surface area contributed by atoms with E-state index in [0.29, 0.717) is 34.6 Å². The minimum Gasteiger partial charge on any atom is -0.497 e. The van der Waals surface area contributed by atoms with Crippen LogP contribution in [0, 0.1) is 6.92 Å². The lowest BCUT2D eigenvalue weighted by Crippen LogP contribution is -2.17. The van der Waals surface area contributed by atoms with Crippen LogP contribution in [-0.4, -0.2) is 22.6 Å². The number of H-pyrrole nitrogens is 1. The molecule has 32 heavy (non-hydrogen) atoms. The maximum Gasteiger partial charge on any atom is 0.326 e. The molecule has 0 spiro atoms. The van der Waals surface area contributed by atoms with Crippen LogP contribution < -0.4 is 15.7 Å². The maximum absolute atomic E-state index is 12.9. The molecule has 7 heteroatoms. The zero-order valence-corrected chi connectivity index (χ0v) is 18.9. The summed E-state index contributed by atoms with van der Waals surface area (Å²) in [7, 11) is 1.61. The van der Waals surface area contributed by atoms with Crippen LogP contribution in [0.15, 0.2) is 57.7 Å². The molecule has 0 aliphatic carbocycles. The van der Waals surface area contributed by atoms with E-state index in [-0.39, 0.29) is 17.0 Å². The third-order valence-corrected chi connectivity index (χ3v) is 5.41. The lowest BCUT2D eigenvalue weighted by Gasteiger charge is -2.13. The highest BCUT2D eigenvalue weighted by atomic mass is 16.5. The molecule has 0 aliphatic rings. The Bertz CT molecular complexity index is 1350. The first kappa shape index (κ1) is 21.5. The van der Waals surface area contributed by atoms with Gasteiger partial charge in [-0.05, 0) is 48.9 Å². The van der Waals surface area contributed by atoms with E-state index >= 15 is 0 Å². The lowest BCUT2D eigenvalue weighted by molar-refractivity contribution is 0.102. The maximum atomic E-state index is 12.9. The van der Waals surface area contributed by atoms with Crippen LogP contribution in [0.4, 0.5) is 5.69 Å². The number of aromatic nitrogens is 2. The number of fused-ring (bicyclic) bond motifs is 1. The van der Waals surface area contributed by atoms with Crippen LogP contribution >= 0.6 is 0 Å². The number of benzene rings is 2. The molecule has 4 rings (SSSR count). The number of amides is 1. The Morgan fingerprint density at radius 2 is 1.94 bits per heavy atom. The van der Waals surface area contributed by atoms with Gasteiger partial charge in [-0.2, -0.15) is 0 Å². The van der Waals surface area contributed by atoms with Crippen molar-refractivity contribution in [2.24, 2.45) is 0 Å². The second kappa shape index (κ2) is 8.07. The average Bonchev–Trinajstić information content (AvgIpc) is 3.28. The molecular weight excluding hydrogens is 406 g/mol. The lowest BCUT2D eigenvalue weighted by atomic mass is 9.93. The van der Waals surface area contributed by atoms with E-state index in [1.807, 2.05) is 45.0 Å². The quantitative estimate of drug-likeness (QED) is 0.471. The number of carbonyl (C=O) groups excluding carboxylic acids is 1. The van der Waals surface area contributed by atoms with Crippen LogP contribution in [0.2, 0.25) is 0 Å². The molecule has 0 bridgehead atoms. The number of rotatable bonds is 5. The molecule has 0 unspecified atom stereocenters. The van der Waals surface area contributed by atoms with Crippen LogP contribution in [-0.2, 0) is 12.0 Å². The predicted molar refractivity (Wildman–Crippen MR) is 125 cm³/mol. The number of anilines is 1. The molecule has 0 atom stereocenters. The van der Waals surface area contributed by atoms with Gasteiger partial charge in [0, 0.05) is 11.1 Å². The largest absolute Gasteiger partial charge is 0.497 e. The topological polar surface area (TPSA) is 89.3 Å². The van der Waals surface area contributed by atoms with Gasteiger partial charge in [-0.15, -0.1) is 0 Å². The first-order valence-corrected chi connectivity index (χ1v) is 10.4. The summed E-state index contributed by atoms with van der Waals surface area (Å²) < 4.78 is 12.7. The highest BCUT2D eigenvalue weighted by Gasteiger charge is 2.23. The Hall–Kier alpha value is -3.74. The number of hydrogen-bond donors (Lipinski definition) is 2. The number of imidazole rings is 1. The summed E-state index contributed by atoms with van der Waals surface area (Å²) in [5.41, 5.74) is 3.03. The van der Waals surface area contributed by atoms with Crippen molar-refractivity contribution < 1.29 is 13.9 Å². The standard InChI is InChI=1S/C25H27N3O4/c1-15-19(13-22(32-15)25(2,3)4)23(29)26-17-9-10-20-21(12-17)28(24(30)27-20)14-16-7-6-8-18(11-16)31-5/h6-13H,14H2,1-5H3,(H,26,29)(H,27,30). The molecule has 0 radical (unpaired) electrons. The summed E-state index contributed by atoms with van der Waals surface area (Å²) in [4.78, 5) is 28.3. The van der Waals surface area contributed by atoms with Gasteiger partial charge >= 0.3 is 5.69 Å². The van der Waals surface area contributed by atoms with Gasteiger partial charge in [-0.1, -0.05) is 32.9 Å². The van der Waals surface area contributed by atoms with Gasteiger partial charge in [0.05, 0.1) is 30.3 Å². The van der Waals surface area contributed by atoms with E-state index in [2.05, 4.69) is 10.3 Å². The van der Waals surface area contributed by atoms with E-state index < -0.39 is 0 Å². The van der Waals surface area contributed by atoms with Crippen LogP contribution in [0.3, 0.4) is 0 Å². The molecule has 2 heterocycles. The van der Waals surface area contributed by atoms with E-state index in [9.17, 15) is 9.59 Å². The number of nitrogens with one attached hydrogen (secondary N) is 2. The summed E-state index contributed by atoms with van der Waals surface area (Å²) in [5.74, 6) is 1.81. The Balaban J connectivity index is 1.64. The fourth-order valence-corrected chi connectivity index (χ4v) is 3.62. The van der Waals surface area contributed by atoms with E-state index in [1.54, 1.807) is 42.9 Å². The predicted octanol–water partition coefficient (Wildman–Crippen LogP) is 4.84. The number of aromatic amines is 1. The fraction of sp³-hybridized carbons (Fsp3) is 0.280. The van der Waals surface area contributed by atoms with Crippen molar-refractivity contribution >= 4 is 22.6 Å². The van der Waals surface area contributed by atoms with Crippen molar-refractivity contribution in [1.29, 1.82) is 0 Å². The molecule has 7 nitrogen and oxygen atoms in total. The minimum atomic E-state index is -0.252. The number of furan rings is 1. The van der Waals surface area contributed by atoms with Crippen LogP contribution in [0.1, 0.15) is 48.2 Å². The van der Waals surface area contributed by atoms with E-state index in [4.69, 9.17) is 9.15 Å². The molecule has 2 aromatic heterocycles. The van der Waals surface area contributed by atoms with Gasteiger partial charge in [0.15, 0.2) is 0 Å². The minimum absolute atomic E-state index is 0.191. The van der Waals surface area contributed by atoms with Gasteiger partial charge in [-0.3, -0.25) is 9.36 Å². The van der Waals surface area contributed by atoms with Crippen molar-refractivity contribution in [2.75, 3.05) is 12.4 Å². The SMILES string of the molecule is COc1cccc(Cn2c(=O)[nH]c3ccc(NC(=O)c4cc(C(C)(C)C)oc4C)cc32)c1. The summed E-state index contributed by atoms with van der Waals surface area (Å²) in [6, 6.07) is 14.7. The molecule has 0 saturated heterocycles. The Morgan fingerprint density at radius 1 is 1.16 bits per heavy atom. The third-order valence-electron chi connectivity index (χ3n) is 5.41. The molecule has 1 amide bonds.